The topological polar surface area (TPSA) is 41.1 Å². The lowest BCUT2D eigenvalue weighted by Gasteiger charge is -2.26. The average Bonchev–Trinajstić information content (AvgIpc) is 2.92. The van der Waals surface area contributed by atoms with Crippen LogP contribution in [0.15, 0.2) is 24.3 Å². The van der Waals surface area contributed by atoms with Crippen molar-refractivity contribution >= 4 is 18.3 Å². The van der Waals surface area contributed by atoms with Crippen LogP contribution in [-0.2, 0) is 11.2 Å². The fourth-order valence-electron chi connectivity index (χ4n) is 3.31. The van der Waals surface area contributed by atoms with Crippen molar-refractivity contribution in [2.45, 2.75) is 38.1 Å². The molecule has 1 amide bonds. The molecule has 1 aliphatic carbocycles. The first-order valence-corrected chi connectivity index (χ1v) is 7.41. The molecule has 2 N–H and O–H groups in total. The van der Waals surface area contributed by atoms with E-state index in [1.807, 2.05) is 0 Å². The first kappa shape index (κ1) is 15.3. The van der Waals surface area contributed by atoms with Crippen molar-refractivity contribution < 1.29 is 4.79 Å². The molecule has 20 heavy (non-hydrogen) atoms. The normalized spacial score (nSPS) is 24.6. The number of fused-ring (bicyclic) bond motifs is 1. The number of halogens is 1. The lowest BCUT2D eigenvalue weighted by Crippen LogP contribution is -2.32. The summed E-state index contributed by atoms with van der Waals surface area (Å²) in [5.74, 6) is 0.745. The smallest absolute Gasteiger partial charge is 0.220 e. The van der Waals surface area contributed by atoms with Gasteiger partial charge in [0.1, 0.15) is 0 Å². The van der Waals surface area contributed by atoms with Gasteiger partial charge in [-0.05, 0) is 55.8 Å². The Labute approximate surface area is 126 Å². The van der Waals surface area contributed by atoms with E-state index in [0.29, 0.717) is 12.3 Å². The number of rotatable bonds is 3. The number of carbonyl (C=O) groups is 1. The van der Waals surface area contributed by atoms with Gasteiger partial charge in [0.15, 0.2) is 0 Å². The molecule has 3 rings (SSSR count). The maximum atomic E-state index is 12.1. The van der Waals surface area contributed by atoms with Gasteiger partial charge in [-0.3, -0.25) is 4.79 Å². The molecular weight excluding hydrogens is 272 g/mol. The molecule has 110 valence electrons. The highest BCUT2D eigenvalue weighted by atomic mass is 35.5. The molecule has 1 saturated heterocycles. The fourth-order valence-corrected chi connectivity index (χ4v) is 3.31. The van der Waals surface area contributed by atoms with Crippen molar-refractivity contribution in [3.05, 3.63) is 35.4 Å². The quantitative estimate of drug-likeness (QED) is 0.900. The van der Waals surface area contributed by atoms with E-state index in [2.05, 4.69) is 34.9 Å². The van der Waals surface area contributed by atoms with Crippen LogP contribution >= 0.6 is 12.4 Å². The SMILES string of the molecule is Cl.O=C(CC1CCNC1)NC1CCCc2ccccc21. The lowest BCUT2D eigenvalue weighted by molar-refractivity contribution is -0.122. The highest BCUT2D eigenvalue weighted by Crippen LogP contribution is 2.29. The molecule has 0 aromatic heterocycles. The number of benzene rings is 1. The minimum absolute atomic E-state index is 0. The van der Waals surface area contributed by atoms with Crippen LogP contribution in [0, 0.1) is 5.92 Å². The van der Waals surface area contributed by atoms with E-state index in [1.165, 1.54) is 17.5 Å². The third-order valence-electron chi connectivity index (χ3n) is 4.34. The van der Waals surface area contributed by atoms with Crippen LogP contribution in [0.4, 0.5) is 0 Å². The minimum atomic E-state index is 0. The van der Waals surface area contributed by atoms with Gasteiger partial charge in [0.2, 0.25) is 5.91 Å². The maximum Gasteiger partial charge on any atom is 0.220 e. The second kappa shape index (κ2) is 7.09. The van der Waals surface area contributed by atoms with Crippen molar-refractivity contribution in [1.29, 1.82) is 0 Å². The Hall–Kier alpha value is -1.06. The van der Waals surface area contributed by atoms with E-state index in [1.54, 1.807) is 0 Å². The second-order valence-corrected chi connectivity index (χ2v) is 5.77. The van der Waals surface area contributed by atoms with Crippen molar-refractivity contribution in [2.75, 3.05) is 13.1 Å². The molecule has 1 heterocycles. The summed E-state index contributed by atoms with van der Waals surface area (Å²) in [7, 11) is 0. The summed E-state index contributed by atoms with van der Waals surface area (Å²) in [6.07, 6.45) is 5.20. The third-order valence-corrected chi connectivity index (χ3v) is 4.34. The van der Waals surface area contributed by atoms with Crippen LogP contribution in [0.25, 0.3) is 0 Å². The molecule has 0 saturated carbocycles. The molecule has 4 heteroatoms. The van der Waals surface area contributed by atoms with E-state index in [9.17, 15) is 4.79 Å². The molecule has 0 spiro atoms. The number of amides is 1. The Morgan fingerprint density at radius 3 is 2.95 bits per heavy atom. The van der Waals surface area contributed by atoms with Gasteiger partial charge >= 0.3 is 0 Å². The van der Waals surface area contributed by atoms with E-state index in [-0.39, 0.29) is 24.4 Å². The summed E-state index contributed by atoms with van der Waals surface area (Å²) in [6, 6.07) is 8.74. The Morgan fingerprint density at radius 2 is 2.15 bits per heavy atom. The van der Waals surface area contributed by atoms with Gasteiger partial charge < -0.3 is 10.6 Å². The molecule has 2 atom stereocenters. The Morgan fingerprint density at radius 1 is 1.30 bits per heavy atom. The van der Waals surface area contributed by atoms with Crippen molar-refractivity contribution in [3.8, 4) is 0 Å². The summed E-state index contributed by atoms with van der Waals surface area (Å²) in [5, 5.41) is 6.55. The van der Waals surface area contributed by atoms with Gasteiger partial charge in [-0.2, -0.15) is 0 Å². The highest BCUT2D eigenvalue weighted by Gasteiger charge is 2.23. The van der Waals surface area contributed by atoms with Crippen molar-refractivity contribution in [3.63, 3.8) is 0 Å². The van der Waals surface area contributed by atoms with Crippen LogP contribution in [0.2, 0.25) is 0 Å². The summed E-state index contributed by atoms with van der Waals surface area (Å²) in [5.41, 5.74) is 2.73. The van der Waals surface area contributed by atoms with Crippen LogP contribution in [0.3, 0.4) is 0 Å². The zero-order chi connectivity index (χ0) is 13.1. The van der Waals surface area contributed by atoms with Gasteiger partial charge in [-0.1, -0.05) is 24.3 Å². The molecule has 1 aliphatic heterocycles. The molecule has 3 nitrogen and oxygen atoms in total. The Kier molecular flexibility index (Phi) is 5.44. The molecule has 0 bridgehead atoms. The van der Waals surface area contributed by atoms with E-state index in [0.717, 1.165) is 32.4 Å². The summed E-state index contributed by atoms with van der Waals surface area (Å²) >= 11 is 0. The fraction of sp³-hybridized carbons (Fsp3) is 0.562. The third kappa shape index (κ3) is 3.53. The number of hydrogen-bond donors (Lipinski definition) is 2. The summed E-state index contributed by atoms with van der Waals surface area (Å²) in [6.45, 7) is 2.05. The van der Waals surface area contributed by atoms with E-state index < -0.39 is 0 Å². The first-order chi connectivity index (χ1) is 9.33. The molecule has 2 aliphatic rings. The largest absolute Gasteiger partial charge is 0.349 e. The van der Waals surface area contributed by atoms with Crippen molar-refractivity contribution in [2.24, 2.45) is 5.92 Å². The molecule has 1 aromatic rings. The maximum absolute atomic E-state index is 12.1. The first-order valence-electron chi connectivity index (χ1n) is 7.41. The number of aryl methyl sites for hydroxylation is 1. The van der Waals surface area contributed by atoms with Gasteiger partial charge in [-0.15, -0.1) is 12.4 Å². The minimum Gasteiger partial charge on any atom is -0.349 e. The number of hydrogen-bond acceptors (Lipinski definition) is 2. The number of carbonyl (C=O) groups excluding carboxylic acids is 1. The van der Waals surface area contributed by atoms with Gasteiger partial charge in [0.25, 0.3) is 0 Å². The highest BCUT2D eigenvalue weighted by molar-refractivity contribution is 5.85. The molecule has 0 radical (unpaired) electrons. The zero-order valence-electron chi connectivity index (χ0n) is 11.7. The summed E-state index contributed by atoms with van der Waals surface area (Å²) in [4.78, 5) is 12.1. The average molecular weight is 295 g/mol. The van der Waals surface area contributed by atoms with E-state index >= 15 is 0 Å². The van der Waals surface area contributed by atoms with Crippen LogP contribution in [-0.4, -0.2) is 19.0 Å². The molecule has 1 aromatic carbocycles. The second-order valence-electron chi connectivity index (χ2n) is 5.77. The van der Waals surface area contributed by atoms with Crippen LogP contribution in [0.5, 0.6) is 0 Å². The molecule has 2 unspecified atom stereocenters. The standard InChI is InChI=1S/C16H22N2O.ClH/c19-16(10-12-8-9-17-11-12)18-15-7-3-5-13-4-1-2-6-14(13)15;/h1-2,4,6,12,15,17H,3,5,7-11H2,(H,18,19);1H. The predicted octanol–water partition coefficient (Wildman–Crippen LogP) is 2.60. The van der Waals surface area contributed by atoms with Gasteiger partial charge in [0.05, 0.1) is 6.04 Å². The predicted molar refractivity (Wildman–Crippen MR) is 83.1 cm³/mol. The number of nitrogens with one attached hydrogen (secondary N) is 2. The lowest BCUT2D eigenvalue weighted by atomic mass is 9.87. The zero-order valence-corrected chi connectivity index (χ0v) is 12.5. The van der Waals surface area contributed by atoms with Crippen LogP contribution < -0.4 is 10.6 Å². The Bertz CT molecular complexity index is 458. The van der Waals surface area contributed by atoms with E-state index in [4.69, 9.17) is 0 Å². The molecule has 1 fully saturated rings. The Balaban J connectivity index is 0.00000147. The van der Waals surface area contributed by atoms with Gasteiger partial charge in [-0.25, -0.2) is 0 Å². The molecular formula is C16H23ClN2O. The monoisotopic (exact) mass is 294 g/mol. The van der Waals surface area contributed by atoms with Gasteiger partial charge in [0, 0.05) is 6.42 Å². The summed E-state index contributed by atoms with van der Waals surface area (Å²) < 4.78 is 0. The van der Waals surface area contributed by atoms with Crippen molar-refractivity contribution in [1.82, 2.24) is 10.6 Å². The van der Waals surface area contributed by atoms with Crippen LogP contribution in [0.1, 0.15) is 42.9 Å².